The Morgan fingerprint density at radius 1 is 0.933 bits per heavy atom. The zero-order valence-corrected chi connectivity index (χ0v) is 19.0. The lowest BCUT2D eigenvalue weighted by atomic mass is 9.69. The summed E-state index contributed by atoms with van der Waals surface area (Å²) in [6.45, 7) is 6.39. The Hall–Kier alpha value is -1.98. The quantitative estimate of drug-likeness (QED) is 0.613. The van der Waals surface area contributed by atoms with Gasteiger partial charge in [-0.05, 0) is 54.9 Å². The fraction of sp³-hybridized carbons (Fsp3) is 0.480. The van der Waals surface area contributed by atoms with Crippen LogP contribution in [0.4, 0.5) is 0 Å². The summed E-state index contributed by atoms with van der Waals surface area (Å²) in [6.07, 6.45) is 5.89. The summed E-state index contributed by atoms with van der Waals surface area (Å²) in [5.74, 6) is -0.0619. The molecule has 0 saturated heterocycles. The Kier molecular flexibility index (Phi) is 5.39. The van der Waals surface area contributed by atoms with Gasteiger partial charge in [0.2, 0.25) is 10.0 Å². The van der Waals surface area contributed by atoms with E-state index in [4.69, 9.17) is 0 Å². The molecule has 1 aliphatic heterocycles. The third kappa shape index (κ3) is 3.63. The van der Waals surface area contributed by atoms with E-state index in [9.17, 15) is 13.2 Å². The first-order chi connectivity index (χ1) is 14.2. The Morgan fingerprint density at radius 3 is 2.20 bits per heavy atom. The summed E-state index contributed by atoms with van der Waals surface area (Å²) in [5.41, 5.74) is 2.40. The van der Waals surface area contributed by atoms with Crippen LogP contribution in [0.2, 0.25) is 0 Å². The van der Waals surface area contributed by atoms with Gasteiger partial charge < -0.3 is 0 Å². The summed E-state index contributed by atoms with van der Waals surface area (Å²) in [7, 11) is -3.71. The van der Waals surface area contributed by atoms with Crippen LogP contribution in [0.3, 0.4) is 0 Å². The molecule has 5 heteroatoms. The van der Waals surface area contributed by atoms with E-state index in [1.807, 2.05) is 6.07 Å². The standard InChI is InChI=1S/C25H31NO3S/c1-19(27)20-11-13-22(14-12-20)30(28,29)26-17-21-9-5-6-10-23(21)24(2,3)18-25(26)15-7-4-8-16-25/h5-6,9-14H,4,7-8,15-18H2,1-3H3. The van der Waals surface area contributed by atoms with Gasteiger partial charge >= 0.3 is 0 Å². The Morgan fingerprint density at radius 2 is 1.57 bits per heavy atom. The molecule has 1 fully saturated rings. The number of hydrogen-bond acceptors (Lipinski definition) is 3. The van der Waals surface area contributed by atoms with Gasteiger partial charge in [0.1, 0.15) is 0 Å². The van der Waals surface area contributed by atoms with Crippen molar-refractivity contribution >= 4 is 15.8 Å². The van der Waals surface area contributed by atoms with E-state index >= 15 is 0 Å². The smallest absolute Gasteiger partial charge is 0.243 e. The van der Waals surface area contributed by atoms with Crippen molar-refractivity contribution in [2.24, 2.45) is 0 Å². The number of carbonyl (C=O) groups is 1. The van der Waals surface area contributed by atoms with Gasteiger partial charge in [0, 0.05) is 17.6 Å². The SMILES string of the molecule is CC(=O)c1ccc(S(=O)(=O)N2Cc3ccccc3C(C)(C)CC23CCCCC3)cc1. The zero-order valence-electron chi connectivity index (χ0n) is 18.1. The molecular formula is C25H31NO3S. The molecule has 0 aromatic heterocycles. The van der Waals surface area contributed by atoms with Gasteiger partial charge in [-0.25, -0.2) is 8.42 Å². The minimum absolute atomic E-state index is 0.0619. The second-order valence-electron chi connectivity index (χ2n) is 9.60. The second kappa shape index (κ2) is 7.61. The number of hydrogen-bond donors (Lipinski definition) is 0. The summed E-state index contributed by atoms with van der Waals surface area (Å²) < 4.78 is 29.7. The highest BCUT2D eigenvalue weighted by Crippen LogP contribution is 2.49. The highest BCUT2D eigenvalue weighted by Gasteiger charge is 2.50. The van der Waals surface area contributed by atoms with Crippen LogP contribution in [0.5, 0.6) is 0 Å². The predicted molar refractivity (Wildman–Crippen MR) is 119 cm³/mol. The van der Waals surface area contributed by atoms with E-state index in [1.54, 1.807) is 28.6 Å². The highest BCUT2D eigenvalue weighted by atomic mass is 32.2. The van der Waals surface area contributed by atoms with E-state index in [1.165, 1.54) is 12.5 Å². The first-order valence-corrected chi connectivity index (χ1v) is 12.3. The van der Waals surface area contributed by atoms with Crippen LogP contribution >= 0.6 is 0 Å². The van der Waals surface area contributed by atoms with Crippen molar-refractivity contribution in [2.75, 3.05) is 0 Å². The molecule has 4 rings (SSSR count). The lowest BCUT2D eigenvalue weighted by Crippen LogP contribution is -2.53. The molecule has 1 heterocycles. The molecule has 0 radical (unpaired) electrons. The van der Waals surface area contributed by atoms with Crippen LogP contribution in [0, 0.1) is 0 Å². The molecule has 2 aromatic rings. The van der Waals surface area contributed by atoms with E-state index in [-0.39, 0.29) is 21.6 Å². The van der Waals surface area contributed by atoms with E-state index < -0.39 is 10.0 Å². The molecule has 1 spiro atoms. The average molecular weight is 426 g/mol. The molecule has 1 saturated carbocycles. The first kappa shape index (κ1) is 21.3. The highest BCUT2D eigenvalue weighted by molar-refractivity contribution is 7.89. The molecule has 0 amide bonds. The zero-order chi connectivity index (χ0) is 21.6. The lowest BCUT2D eigenvalue weighted by molar-refractivity contribution is 0.0969. The maximum Gasteiger partial charge on any atom is 0.243 e. The molecular weight excluding hydrogens is 394 g/mol. The summed E-state index contributed by atoms with van der Waals surface area (Å²) in [5, 5.41) is 0. The van der Waals surface area contributed by atoms with Crippen molar-refractivity contribution < 1.29 is 13.2 Å². The third-order valence-corrected chi connectivity index (χ3v) is 8.96. The van der Waals surface area contributed by atoms with Crippen molar-refractivity contribution in [3.8, 4) is 0 Å². The molecule has 0 bridgehead atoms. The number of carbonyl (C=O) groups excluding carboxylic acids is 1. The molecule has 160 valence electrons. The van der Waals surface area contributed by atoms with Gasteiger partial charge in [0.15, 0.2) is 5.78 Å². The number of ketones is 1. The number of rotatable bonds is 3. The van der Waals surface area contributed by atoms with E-state index in [0.29, 0.717) is 12.1 Å². The van der Waals surface area contributed by atoms with Crippen molar-refractivity contribution in [3.63, 3.8) is 0 Å². The van der Waals surface area contributed by atoms with E-state index in [0.717, 1.165) is 44.1 Å². The van der Waals surface area contributed by atoms with Gasteiger partial charge in [-0.15, -0.1) is 0 Å². The van der Waals surface area contributed by atoms with Gasteiger partial charge in [-0.3, -0.25) is 4.79 Å². The van der Waals surface area contributed by atoms with Crippen molar-refractivity contribution in [1.82, 2.24) is 4.31 Å². The lowest BCUT2D eigenvalue weighted by Gasteiger charge is -2.47. The van der Waals surface area contributed by atoms with Crippen LogP contribution < -0.4 is 0 Å². The van der Waals surface area contributed by atoms with Crippen LogP contribution in [0.1, 0.15) is 80.8 Å². The number of Topliss-reactive ketones (excluding diaryl/α,β-unsaturated/α-hetero) is 1. The normalized spacial score (nSPS) is 21.0. The number of nitrogens with zero attached hydrogens (tertiary/aromatic N) is 1. The second-order valence-corrected chi connectivity index (χ2v) is 11.5. The molecule has 4 nitrogen and oxygen atoms in total. The van der Waals surface area contributed by atoms with Gasteiger partial charge in [-0.1, -0.05) is 69.5 Å². The third-order valence-electron chi connectivity index (χ3n) is 6.99. The van der Waals surface area contributed by atoms with Crippen LogP contribution in [-0.4, -0.2) is 24.0 Å². The topological polar surface area (TPSA) is 54.5 Å². The molecule has 2 aliphatic rings. The summed E-state index contributed by atoms with van der Waals surface area (Å²) in [4.78, 5) is 11.9. The first-order valence-electron chi connectivity index (χ1n) is 10.9. The van der Waals surface area contributed by atoms with Gasteiger partial charge in [-0.2, -0.15) is 4.31 Å². The molecule has 30 heavy (non-hydrogen) atoms. The molecule has 2 aromatic carbocycles. The maximum absolute atomic E-state index is 14.0. The molecule has 0 unspecified atom stereocenters. The van der Waals surface area contributed by atoms with Gasteiger partial charge in [0.05, 0.1) is 4.90 Å². The Bertz CT molecular complexity index is 1050. The fourth-order valence-electron chi connectivity index (χ4n) is 5.61. The minimum Gasteiger partial charge on any atom is -0.295 e. The number of fused-ring (bicyclic) bond motifs is 1. The van der Waals surface area contributed by atoms with Crippen LogP contribution in [0.15, 0.2) is 53.4 Å². The Labute approximate surface area is 180 Å². The predicted octanol–water partition coefficient (Wildman–Crippen LogP) is 5.46. The molecule has 1 aliphatic carbocycles. The molecule has 0 N–H and O–H groups in total. The summed E-state index contributed by atoms with van der Waals surface area (Å²) >= 11 is 0. The van der Waals surface area contributed by atoms with E-state index in [2.05, 4.69) is 32.0 Å². The Balaban J connectivity index is 1.85. The van der Waals surface area contributed by atoms with Gasteiger partial charge in [0.25, 0.3) is 0 Å². The monoisotopic (exact) mass is 425 g/mol. The van der Waals surface area contributed by atoms with Crippen LogP contribution in [0.25, 0.3) is 0 Å². The number of benzene rings is 2. The molecule has 0 atom stereocenters. The van der Waals surface area contributed by atoms with Crippen molar-refractivity contribution in [2.45, 2.75) is 81.7 Å². The fourth-order valence-corrected chi connectivity index (χ4v) is 7.41. The van der Waals surface area contributed by atoms with Crippen molar-refractivity contribution in [3.05, 3.63) is 65.2 Å². The number of sulfonamides is 1. The van der Waals surface area contributed by atoms with Crippen molar-refractivity contribution in [1.29, 1.82) is 0 Å². The average Bonchev–Trinajstić information content (AvgIpc) is 2.81. The van der Waals surface area contributed by atoms with Crippen LogP contribution in [-0.2, 0) is 22.0 Å². The summed E-state index contributed by atoms with van der Waals surface area (Å²) in [6, 6.07) is 14.7. The maximum atomic E-state index is 14.0. The minimum atomic E-state index is -3.71. The largest absolute Gasteiger partial charge is 0.295 e.